The van der Waals surface area contributed by atoms with Gasteiger partial charge in [0.1, 0.15) is 0 Å². The number of nitro groups is 1. The minimum atomic E-state index is -0.541. The van der Waals surface area contributed by atoms with E-state index in [-0.39, 0.29) is 22.3 Å². The van der Waals surface area contributed by atoms with Gasteiger partial charge in [0, 0.05) is 24.0 Å². The first kappa shape index (κ1) is 14.8. The third kappa shape index (κ3) is 3.37. The maximum absolute atomic E-state index is 11.9. The fourth-order valence-corrected chi connectivity index (χ4v) is 2.47. The van der Waals surface area contributed by atoms with Crippen molar-refractivity contribution in [3.05, 3.63) is 57.5 Å². The summed E-state index contributed by atoms with van der Waals surface area (Å²) in [5.74, 6) is 0.186. The zero-order valence-electron chi connectivity index (χ0n) is 11.5. The van der Waals surface area contributed by atoms with Crippen molar-refractivity contribution in [2.75, 3.05) is 0 Å². The number of thiophene rings is 1. The van der Waals surface area contributed by atoms with Crippen LogP contribution < -0.4 is 5.32 Å². The predicted molar refractivity (Wildman–Crippen MR) is 79.7 cm³/mol. The fraction of sp³-hybridized carbons (Fsp3) is 0.0769. The summed E-state index contributed by atoms with van der Waals surface area (Å²) >= 11 is 0.802. The van der Waals surface area contributed by atoms with E-state index in [9.17, 15) is 14.9 Å². The Morgan fingerprint density at radius 3 is 2.78 bits per heavy atom. The molecule has 23 heavy (non-hydrogen) atoms. The van der Waals surface area contributed by atoms with Crippen molar-refractivity contribution < 1.29 is 14.2 Å². The van der Waals surface area contributed by atoms with Gasteiger partial charge in [0.25, 0.3) is 5.91 Å². The number of carbonyl (C=O) groups is 1. The molecule has 3 aromatic heterocycles. The first-order valence-corrected chi connectivity index (χ1v) is 7.20. The van der Waals surface area contributed by atoms with Gasteiger partial charge in [-0.1, -0.05) is 16.5 Å². The zero-order chi connectivity index (χ0) is 16.2. The van der Waals surface area contributed by atoms with Gasteiger partial charge in [0.2, 0.25) is 11.7 Å². The lowest BCUT2D eigenvalue weighted by Crippen LogP contribution is -2.21. The molecule has 0 saturated carbocycles. The number of pyridine rings is 1. The Bertz CT molecular complexity index is 845. The number of hydrogen-bond acceptors (Lipinski definition) is 8. The second-order valence-corrected chi connectivity index (χ2v) is 5.39. The first-order valence-electron chi connectivity index (χ1n) is 6.39. The summed E-state index contributed by atoms with van der Waals surface area (Å²) in [6.45, 7) is 0.0304. The smallest absolute Gasteiger partial charge is 0.324 e. The van der Waals surface area contributed by atoms with Gasteiger partial charge in [-0.15, -0.1) is 0 Å². The van der Waals surface area contributed by atoms with Crippen molar-refractivity contribution in [3.63, 3.8) is 0 Å². The molecule has 1 amide bonds. The van der Waals surface area contributed by atoms with Gasteiger partial charge < -0.3 is 9.84 Å². The summed E-state index contributed by atoms with van der Waals surface area (Å²) in [7, 11) is 0. The molecule has 0 fully saturated rings. The Morgan fingerprint density at radius 2 is 2.09 bits per heavy atom. The molecule has 0 aromatic carbocycles. The van der Waals surface area contributed by atoms with Crippen LogP contribution in [0.2, 0.25) is 0 Å². The Balaban J connectivity index is 1.63. The molecule has 116 valence electrons. The molecule has 1 N–H and O–H groups in total. The highest BCUT2D eigenvalue weighted by atomic mass is 32.1. The van der Waals surface area contributed by atoms with Crippen LogP contribution in [0.25, 0.3) is 11.4 Å². The fourth-order valence-electron chi connectivity index (χ4n) is 1.74. The van der Waals surface area contributed by atoms with E-state index < -0.39 is 10.8 Å². The predicted octanol–water partition coefficient (Wildman–Crippen LogP) is 2.03. The third-order valence-corrected chi connectivity index (χ3v) is 3.84. The van der Waals surface area contributed by atoms with Crippen LogP contribution in [0.15, 0.2) is 41.2 Å². The number of hydrogen-bond donors (Lipinski definition) is 1. The normalized spacial score (nSPS) is 10.4. The number of carbonyl (C=O) groups excluding carboxylic acids is 1. The molecule has 0 saturated heterocycles. The lowest BCUT2D eigenvalue weighted by atomic mass is 10.2. The van der Waals surface area contributed by atoms with Crippen molar-refractivity contribution >= 4 is 22.2 Å². The molecule has 0 aliphatic heterocycles. The van der Waals surface area contributed by atoms with E-state index in [4.69, 9.17) is 4.52 Å². The number of amides is 1. The van der Waals surface area contributed by atoms with Gasteiger partial charge in [-0.25, -0.2) is 0 Å². The van der Waals surface area contributed by atoms with Gasteiger partial charge in [-0.3, -0.25) is 19.9 Å². The average Bonchev–Trinajstić information content (AvgIpc) is 3.23. The topological polar surface area (TPSA) is 124 Å². The van der Waals surface area contributed by atoms with Crippen molar-refractivity contribution in [1.82, 2.24) is 20.4 Å². The molecule has 10 heteroatoms. The average molecular weight is 331 g/mol. The largest absolute Gasteiger partial charge is 0.342 e. The van der Waals surface area contributed by atoms with E-state index in [0.29, 0.717) is 5.82 Å². The van der Waals surface area contributed by atoms with Crippen LogP contribution in [-0.4, -0.2) is 26.0 Å². The van der Waals surface area contributed by atoms with Crippen LogP contribution in [0.1, 0.15) is 15.6 Å². The van der Waals surface area contributed by atoms with Crippen LogP contribution in [0.5, 0.6) is 0 Å². The first-order chi connectivity index (χ1) is 11.1. The number of nitrogens with zero attached hydrogens (tertiary/aromatic N) is 4. The molecule has 0 aliphatic carbocycles. The molecule has 0 atom stereocenters. The van der Waals surface area contributed by atoms with Crippen molar-refractivity contribution in [1.29, 1.82) is 0 Å². The summed E-state index contributed by atoms with van der Waals surface area (Å²) in [5, 5.41) is 16.9. The van der Waals surface area contributed by atoms with Crippen molar-refractivity contribution in [2.24, 2.45) is 0 Å². The van der Waals surface area contributed by atoms with E-state index in [1.165, 1.54) is 12.1 Å². The minimum absolute atomic E-state index is 0.0304. The van der Waals surface area contributed by atoms with Crippen LogP contribution in [0.3, 0.4) is 0 Å². The molecule has 3 aromatic rings. The Labute approximate surface area is 133 Å². The van der Waals surface area contributed by atoms with E-state index >= 15 is 0 Å². The second-order valence-electron chi connectivity index (χ2n) is 4.33. The Morgan fingerprint density at radius 1 is 1.30 bits per heavy atom. The van der Waals surface area contributed by atoms with Crippen molar-refractivity contribution in [3.8, 4) is 11.4 Å². The van der Waals surface area contributed by atoms with Crippen molar-refractivity contribution in [2.45, 2.75) is 6.54 Å². The minimum Gasteiger partial charge on any atom is -0.342 e. The maximum Gasteiger partial charge on any atom is 0.324 e. The summed E-state index contributed by atoms with van der Waals surface area (Å²) in [6.07, 6.45) is 3.22. The molecule has 9 nitrogen and oxygen atoms in total. The molecule has 0 bridgehead atoms. The van der Waals surface area contributed by atoms with Gasteiger partial charge in [0.15, 0.2) is 0 Å². The highest BCUT2D eigenvalue weighted by Crippen LogP contribution is 2.23. The molecule has 3 heterocycles. The Kier molecular flexibility index (Phi) is 4.06. The van der Waals surface area contributed by atoms with Crippen LogP contribution in [-0.2, 0) is 6.54 Å². The summed E-state index contributed by atoms with van der Waals surface area (Å²) in [5.41, 5.74) is 0.746. The third-order valence-electron chi connectivity index (χ3n) is 2.80. The molecule has 0 aliphatic rings. The molecule has 0 unspecified atom stereocenters. The van der Waals surface area contributed by atoms with Gasteiger partial charge >= 0.3 is 5.00 Å². The standard InChI is InChI=1S/C13H9N5O4S/c19-13(9-1-2-11(23-9)18(20)21)15-7-10-16-12(17-22-10)8-3-5-14-6-4-8/h1-6H,7H2,(H,15,19). The second kappa shape index (κ2) is 6.32. The summed E-state index contributed by atoms with van der Waals surface area (Å²) in [4.78, 5) is 30.3. The van der Waals surface area contributed by atoms with E-state index in [1.54, 1.807) is 24.5 Å². The number of aromatic nitrogens is 3. The number of rotatable bonds is 5. The highest BCUT2D eigenvalue weighted by molar-refractivity contribution is 7.17. The van der Waals surface area contributed by atoms with Gasteiger partial charge in [-0.2, -0.15) is 4.98 Å². The highest BCUT2D eigenvalue weighted by Gasteiger charge is 2.16. The van der Waals surface area contributed by atoms with E-state index in [2.05, 4.69) is 20.4 Å². The maximum atomic E-state index is 11.9. The monoisotopic (exact) mass is 331 g/mol. The lowest BCUT2D eigenvalue weighted by Gasteiger charge is -1.98. The van der Waals surface area contributed by atoms with E-state index in [0.717, 1.165) is 16.9 Å². The molecule has 3 rings (SSSR count). The molecular weight excluding hydrogens is 322 g/mol. The molecule has 0 spiro atoms. The SMILES string of the molecule is O=C(NCc1nc(-c2ccncc2)no1)c1ccc([N+](=O)[O-])s1. The zero-order valence-corrected chi connectivity index (χ0v) is 12.3. The van der Waals surface area contributed by atoms with Crippen LogP contribution >= 0.6 is 11.3 Å². The quantitative estimate of drug-likeness (QED) is 0.560. The van der Waals surface area contributed by atoms with Crippen LogP contribution in [0.4, 0.5) is 5.00 Å². The van der Waals surface area contributed by atoms with Gasteiger partial charge in [-0.05, 0) is 18.2 Å². The van der Waals surface area contributed by atoms with Gasteiger partial charge in [0.05, 0.1) is 16.3 Å². The van der Waals surface area contributed by atoms with Crippen LogP contribution in [0, 0.1) is 10.1 Å². The number of nitrogens with one attached hydrogen (secondary N) is 1. The summed E-state index contributed by atoms with van der Waals surface area (Å²) in [6, 6.07) is 6.15. The Hall–Kier alpha value is -3.14. The van der Waals surface area contributed by atoms with E-state index in [1.807, 2.05) is 0 Å². The lowest BCUT2D eigenvalue weighted by molar-refractivity contribution is -0.380. The molecular formula is C13H9N5O4S. The summed E-state index contributed by atoms with van der Waals surface area (Å²) < 4.78 is 5.05. The molecule has 0 radical (unpaired) electrons.